The monoisotopic (exact) mass is 152 g/mol. The molecule has 2 N–H and O–H groups in total. The van der Waals surface area contributed by atoms with Crippen molar-refractivity contribution in [3.8, 4) is 0 Å². The van der Waals surface area contributed by atoms with Gasteiger partial charge in [0.2, 0.25) is 0 Å². The molecule has 0 spiro atoms. The number of nitrogens with zero attached hydrogens (tertiary/aromatic N) is 1. The average molecular weight is 152 g/mol. The first-order valence-corrected chi connectivity index (χ1v) is 4.07. The maximum Gasteiger partial charge on any atom is 0.132 e. The zero-order valence-electron chi connectivity index (χ0n) is 6.43. The number of fused-ring (bicyclic) bond motifs is 1. The van der Waals surface area contributed by atoms with Gasteiger partial charge in [0.1, 0.15) is 12.4 Å². The fraction of sp³-hybridized carbons (Fsp3) is 0.625. The highest BCUT2D eigenvalue weighted by molar-refractivity contribution is 5.17. The molecule has 0 saturated carbocycles. The Morgan fingerprint density at radius 1 is 1.36 bits per heavy atom. The third kappa shape index (κ3) is 1.16. The molecule has 3 nitrogen and oxygen atoms in total. The van der Waals surface area contributed by atoms with Crippen LogP contribution in [0.25, 0.3) is 0 Å². The van der Waals surface area contributed by atoms with E-state index in [0.717, 1.165) is 18.7 Å². The predicted octanol–water partition coefficient (Wildman–Crippen LogP) is 0.781. The highest BCUT2D eigenvalue weighted by Crippen LogP contribution is 2.18. The molecule has 0 saturated heterocycles. The second kappa shape index (κ2) is 2.66. The lowest BCUT2D eigenvalue weighted by Gasteiger charge is -2.07. The van der Waals surface area contributed by atoms with Gasteiger partial charge in [0, 0.05) is 5.69 Å². The van der Waals surface area contributed by atoms with Gasteiger partial charge in [-0.25, -0.2) is 4.98 Å². The molecule has 0 amide bonds. The van der Waals surface area contributed by atoms with Gasteiger partial charge in [0.25, 0.3) is 0 Å². The standard InChI is InChI=1S/C8H12N2O/c11-5-8-9-6-3-1-2-4-7(6)10-8/h11H,1-5H2,(H,9,10). The van der Waals surface area contributed by atoms with E-state index in [1.165, 1.54) is 24.2 Å². The summed E-state index contributed by atoms with van der Waals surface area (Å²) in [6, 6.07) is 0. The smallest absolute Gasteiger partial charge is 0.132 e. The Kier molecular flexibility index (Phi) is 1.66. The highest BCUT2D eigenvalue weighted by atomic mass is 16.3. The SMILES string of the molecule is OCc1nc2c([nH]1)CCCC2. The van der Waals surface area contributed by atoms with E-state index in [9.17, 15) is 0 Å². The van der Waals surface area contributed by atoms with Crippen molar-refractivity contribution < 1.29 is 5.11 Å². The molecular weight excluding hydrogens is 140 g/mol. The van der Waals surface area contributed by atoms with Crippen LogP contribution in [0.4, 0.5) is 0 Å². The molecule has 0 bridgehead atoms. The maximum absolute atomic E-state index is 8.79. The molecule has 0 aromatic carbocycles. The van der Waals surface area contributed by atoms with Crippen LogP contribution >= 0.6 is 0 Å². The predicted molar refractivity (Wildman–Crippen MR) is 41.2 cm³/mol. The van der Waals surface area contributed by atoms with Crippen molar-refractivity contribution in [3.05, 3.63) is 17.2 Å². The molecule has 11 heavy (non-hydrogen) atoms. The Bertz CT molecular complexity index is 231. The van der Waals surface area contributed by atoms with E-state index in [-0.39, 0.29) is 6.61 Å². The van der Waals surface area contributed by atoms with Crippen LogP contribution in [-0.2, 0) is 19.4 Å². The summed E-state index contributed by atoms with van der Waals surface area (Å²) in [6.45, 7) is 0.0347. The summed E-state index contributed by atoms with van der Waals surface area (Å²) in [5.74, 6) is 0.719. The number of aliphatic hydroxyl groups excluding tert-OH is 1. The van der Waals surface area contributed by atoms with Gasteiger partial charge in [0.15, 0.2) is 0 Å². The van der Waals surface area contributed by atoms with Gasteiger partial charge >= 0.3 is 0 Å². The Balaban J connectivity index is 2.32. The number of rotatable bonds is 1. The largest absolute Gasteiger partial charge is 0.388 e. The van der Waals surface area contributed by atoms with Crippen molar-refractivity contribution in [3.63, 3.8) is 0 Å². The van der Waals surface area contributed by atoms with Crippen LogP contribution in [0, 0.1) is 0 Å². The van der Waals surface area contributed by atoms with Crippen LogP contribution in [0.1, 0.15) is 30.1 Å². The Hall–Kier alpha value is -0.830. The molecule has 1 aromatic rings. The van der Waals surface area contributed by atoms with Crippen molar-refractivity contribution >= 4 is 0 Å². The number of H-pyrrole nitrogens is 1. The van der Waals surface area contributed by atoms with Gasteiger partial charge in [-0.3, -0.25) is 0 Å². The molecule has 0 atom stereocenters. The average Bonchev–Trinajstić information content (AvgIpc) is 2.46. The summed E-state index contributed by atoms with van der Waals surface area (Å²) in [4.78, 5) is 7.39. The zero-order chi connectivity index (χ0) is 7.68. The first kappa shape index (κ1) is 6.85. The highest BCUT2D eigenvalue weighted by Gasteiger charge is 2.13. The molecule has 1 aromatic heterocycles. The summed E-state index contributed by atoms with van der Waals surface area (Å²) >= 11 is 0. The molecule has 60 valence electrons. The van der Waals surface area contributed by atoms with Crippen molar-refractivity contribution in [2.24, 2.45) is 0 Å². The normalized spacial score (nSPS) is 16.5. The number of aryl methyl sites for hydroxylation is 2. The molecule has 1 aliphatic carbocycles. The number of hydrogen-bond acceptors (Lipinski definition) is 2. The van der Waals surface area contributed by atoms with E-state index in [1.54, 1.807) is 0 Å². The molecule has 0 unspecified atom stereocenters. The van der Waals surface area contributed by atoms with Gasteiger partial charge in [-0.05, 0) is 25.7 Å². The van der Waals surface area contributed by atoms with Crippen molar-refractivity contribution in [2.75, 3.05) is 0 Å². The second-order valence-corrected chi connectivity index (χ2v) is 2.97. The first-order valence-electron chi connectivity index (χ1n) is 4.07. The molecule has 0 fully saturated rings. The Morgan fingerprint density at radius 2 is 2.18 bits per heavy atom. The van der Waals surface area contributed by atoms with Crippen LogP contribution in [-0.4, -0.2) is 15.1 Å². The van der Waals surface area contributed by atoms with E-state index >= 15 is 0 Å². The fourth-order valence-corrected chi connectivity index (χ4v) is 1.59. The third-order valence-electron chi connectivity index (χ3n) is 2.15. The third-order valence-corrected chi connectivity index (χ3v) is 2.15. The van der Waals surface area contributed by atoms with E-state index in [0.29, 0.717) is 0 Å². The Morgan fingerprint density at radius 3 is 2.91 bits per heavy atom. The number of aliphatic hydroxyl groups is 1. The van der Waals surface area contributed by atoms with E-state index in [2.05, 4.69) is 9.97 Å². The van der Waals surface area contributed by atoms with E-state index in [4.69, 9.17) is 5.11 Å². The second-order valence-electron chi connectivity index (χ2n) is 2.97. The van der Waals surface area contributed by atoms with Crippen molar-refractivity contribution in [2.45, 2.75) is 32.3 Å². The number of nitrogens with one attached hydrogen (secondary N) is 1. The molecular formula is C8H12N2O. The fourth-order valence-electron chi connectivity index (χ4n) is 1.59. The van der Waals surface area contributed by atoms with Crippen LogP contribution in [0.5, 0.6) is 0 Å². The maximum atomic E-state index is 8.79. The molecule has 2 rings (SSSR count). The molecule has 3 heteroatoms. The zero-order valence-corrected chi connectivity index (χ0v) is 6.43. The lowest BCUT2D eigenvalue weighted by molar-refractivity contribution is 0.272. The van der Waals surface area contributed by atoms with Crippen LogP contribution in [0.3, 0.4) is 0 Å². The van der Waals surface area contributed by atoms with Gasteiger partial charge in [-0.2, -0.15) is 0 Å². The summed E-state index contributed by atoms with van der Waals surface area (Å²) in [5, 5.41) is 8.79. The lowest BCUT2D eigenvalue weighted by Crippen LogP contribution is -2.00. The van der Waals surface area contributed by atoms with E-state index < -0.39 is 0 Å². The summed E-state index contributed by atoms with van der Waals surface area (Å²) < 4.78 is 0. The molecule has 1 aliphatic rings. The lowest BCUT2D eigenvalue weighted by atomic mass is 10.0. The first-order chi connectivity index (χ1) is 5.40. The topological polar surface area (TPSA) is 48.9 Å². The number of hydrogen-bond donors (Lipinski definition) is 2. The number of imidazole rings is 1. The van der Waals surface area contributed by atoms with Crippen LogP contribution in [0.15, 0.2) is 0 Å². The number of aromatic amines is 1. The summed E-state index contributed by atoms with van der Waals surface area (Å²) in [7, 11) is 0. The van der Waals surface area contributed by atoms with E-state index in [1.807, 2.05) is 0 Å². The van der Waals surface area contributed by atoms with Gasteiger partial charge in [-0.1, -0.05) is 0 Å². The van der Waals surface area contributed by atoms with Crippen molar-refractivity contribution in [1.29, 1.82) is 0 Å². The minimum Gasteiger partial charge on any atom is -0.388 e. The van der Waals surface area contributed by atoms with Gasteiger partial charge in [-0.15, -0.1) is 0 Å². The van der Waals surface area contributed by atoms with Crippen LogP contribution < -0.4 is 0 Å². The number of aromatic nitrogens is 2. The minimum atomic E-state index is 0.0347. The molecule has 0 aliphatic heterocycles. The molecule has 0 radical (unpaired) electrons. The quantitative estimate of drug-likeness (QED) is 0.624. The summed E-state index contributed by atoms with van der Waals surface area (Å²) in [5.41, 5.74) is 2.40. The summed E-state index contributed by atoms with van der Waals surface area (Å²) in [6.07, 6.45) is 4.66. The molecule has 1 heterocycles. The minimum absolute atomic E-state index is 0.0347. The van der Waals surface area contributed by atoms with Crippen molar-refractivity contribution in [1.82, 2.24) is 9.97 Å². The van der Waals surface area contributed by atoms with Gasteiger partial charge in [0.05, 0.1) is 5.69 Å². The van der Waals surface area contributed by atoms with Crippen LogP contribution in [0.2, 0.25) is 0 Å². The Labute approximate surface area is 65.5 Å². The van der Waals surface area contributed by atoms with Gasteiger partial charge < -0.3 is 10.1 Å².